The van der Waals surface area contributed by atoms with Gasteiger partial charge in [-0.05, 0) is 18.4 Å². The summed E-state index contributed by atoms with van der Waals surface area (Å²) in [5.41, 5.74) is 7.67. The van der Waals surface area contributed by atoms with Crippen LogP contribution in [0.4, 0.5) is 0 Å². The number of hydrogen-bond acceptors (Lipinski definition) is 3. The fraction of sp³-hybridized carbons (Fsp3) is 1.00. The largest absolute Gasteiger partial charge is 0.396 e. The molecule has 0 rings (SSSR count). The molecule has 0 saturated carbocycles. The van der Waals surface area contributed by atoms with Gasteiger partial charge in [0.25, 0.3) is 0 Å². The van der Waals surface area contributed by atoms with Crippen LogP contribution in [0, 0.1) is 0 Å². The number of aliphatic hydroxyl groups is 2. The van der Waals surface area contributed by atoms with Crippen molar-refractivity contribution in [2.75, 3.05) is 6.61 Å². The van der Waals surface area contributed by atoms with Crippen molar-refractivity contribution in [1.29, 1.82) is 0 Å². The summed E-state index contributed by atoms with van der Waals surface area (Å²) < 4.78 is 0. The maximum atomic E-state index is 8.44. The van der Waals surface area contributed by atoms with Crippen LogP contribution in [-0.4, -0.2) is 23.0 Å². The third kappa shape index (κ3) is 17.6. The zero-order chi connectivity index (χ0) is 9.11. The summed E-state index contributed by atoms with van der Waals surface area (Å²) in [6.07, 6.45) is 0.509. The Morgan fingerprint density at radius 1 is 1.55 bits per heavy atom. The summed E-state index contributed by atoms with van der Waals surface area (Å²) in [4.78, 5) is 2.38. The van der Waals surface area contributed by atoms with Gasteiger partial charge in [-0.1, -0.05) is 19.0 Å². The number of rotatable bonds is 3. The van der Waals surface area contributed by atoms with Gasteiger partial charge in [0.15, 0.2) is 0 Å². The van der Waals surface area contributed by atoms with E-state index in [0.717, 1.165) is 6.42 Å². The van der Waals surface area contributed by atoms with E-state index in [0.29, 0.717) is 13.0 Å². The lowest BCUT2D eigenvalue weighted by atomic mass is 10.5. The van der Waals surface area contributed by atoms with Gasteiger partial charge < -0.3 is 10.2 Å². The molecule has 5 heteroatoms. The fourth-order valence-corrected chi connectivity index (χ4v) is 0.141. The van der Waals surface area contributed by atoms with Gasteiger partial charge in [0.05, 0.1) is 0 Å². The van der Waals surface area contributed by atoms with Gasteiger partial charge in [0.2, 0.25) is 0 Å². The van der Waals surface area contributed by atoms with Crippen LogP contribution in [0.25, 0.3) is 10.4 Å². The first kappa shape index (κ1) is 12.9. The highest BCUT2D eigenvalue weighted by molar-refractivity contribution is 4.47. The van der Waals surface area contributed by atoms with E-state index < -0.39 is 6.23 Å². The molecule has 0 aliphatic rings. The maximum Gasteiger partial charge on any atom is 0.132 e. The molecule has 0 aliphatic carbocycles. The Bertz CT molecular complexity index is 110. The zero-order valence-corrected chi connectivity index (χ0v) is 6.93. The standard InChI is InChI=1S/C3H7N3O.C3H8O/c1-2-3(7)5-6-4;1-2-3-4/h3,7H,2H2,1H3;4H,2-3H2,1H3. The average Bonchev–Trinajstić information content (AvgIpc) is 2.05. The smallest absolute Gasteiger partial charge is 0.132 e. The van der Waals surface area contributed by atoms with Crippen LogP contribution in [0.5, 0.6) is 0 Å². The summed E-state index contributed by atoms with van der Waals surface area (Å²) in [6, 6.07) is 0. The molecular formula is C6H15N3O2. The van der Waals surface area contributed by atoms with E-state index in [1.807, 2.05) is 6.92 Å². The molecule has 0 aromatic rings. The number of azide groups is 1. The highest BCUT2D eigenvalue weighted by Gasteiger charge is 1.89. The van der Waals surface area contributed by atoms with Crippen LogP contribution in [0.1, 0.15) is 26.7 Å². The second-order valence-electron chi connectivity index (χ2n) is 1.82. The predicted molar refractivity (Wildman–Crippen MR) is 42.8 cm³/mol. The molecule has 0 spiro atoms. The lowest BCUT2D eigenvalue weighted by molar-refractivity contribution is 0.178. The predicted octanol–water partition coefficient (Wildman–Crippen LogP) is 1.41. The molecule has 0 heterocycles. The molecule has 5 nitrogen and oxygen atoms in total. The van der Waals surface area contributed by atoms with Gasteiger partial charge in [-0.25, -0.2) is 0 Å². The molecule has 0 aliphatic heterocycles. The SMILES string of the molecule is CCC(O)N=[N+]=[N-].CCCO. The Morgan fingerprint density at radius 2 is 2.00 bits per heavy atom. The zero-order valence-electron chi connectivity index (χ0n) is 6.93. The molecule has 0 bridgehead atoms. The molecule has 66 valence electrons. The van der Waals surface area contributed by atoms with Crippen molar-refractivity contribution < 1.29 is 10.2 Å². The van der Waals surface area contributed by atoms with Crippen LogP contribution in [0.2, 0.25) is 0 Å². The highest BCUT2D eigenvalue weighted by Crippen LogP contribution is 1.88. The number of aliphatic hydroxyl groups excluding tert-OH is 2. The van der Waals surface area contributed by atoms with Crippen LogP contribution < -0.4 is 0 Å². The Balaban J connectivity index is 0. The second kappa shape index (κ2) is 12.0. The van der Waals surface area contributed by atoms with E-state index in [1.165, 1.54) is 0 Å². The lowest BCUT2D eigenvalue weighted by Crippen LogP contribution is -1.95. The fourth-order valence-electron chi connectivity index (χ4n) is 0.141. The summed E-state index contributed by atoms with van der Waals surface area (Å²) in [5, 5.41) is 19.3. The molecular weight excluding hydrogens is 146 g/mol. The topological polar surface area (TPSA) is 89.2 Å². The molecule has 2 N–H and O–H groups in total. The molecule has 1 atom stereocenters. The minimum atomic E-state index is -0.843. The van der Waals surface area contributed by atoms with E-state index in [1.54, 1.807) is 6.92 Å². The van der Waals surface area contributed by atoms with Crippen LogP contribution in [-0.2, 0) is 0 Å². The quantitative estimate of drug-likeness (QED) is 0.372. The lowest BCUT2D eigenvalue weighted by Gasteiger charge is -1.91. The monoisotopic (exact) mass is 161 g/mol. The van der Waals surface area contributed by atoms with E-state index in [-0.39, 0.29) is 0 Å². The van der Waals surface area contributed by atoms with Gasteiger partial charge in [-0.15, -0.1) is 0 Å². The van der Waals surface area contributed by atoms with Crippen molar-refractivity contribution in [3.8, 4) is 0 Å². The Kier molecular flexibility index (Phi) is 14.0. The van der Waals surface area contributed by atoms with E-state index >= 15 is 0 Å². The van der Waals surface area contributed by atoms with E-state index in [9.17, 15) is 0 Å². The first-order chi connectivity index (χ1) is 5.22. The summed E-state index contributed by atoms with van der Waals surface area (Å²) >= 11 is 0. The molecule has 0 fully saturated rings. The van der Waals surface area contributed by atoms with Crippen molar-refractivity contribution in [3.05, 3.63) is 10.4 Å². The van der Waals surface area contributed by atoms with Crippen molar-refractivity contribution in [2.24, 2.45) is 5.11 Å². The Labute approximate surface area is 66.3 Å². The van der Waals surface area contributed by atoms with Gasteiger partial charge >= 0.3 is 0 Å². The van der Waals surface area contributed by atoms with E-state index in [2.05, 4.69) is 10.0 Å². The summed E-state index contributed by atoms with van der Waals surface area (Å²) in [5.74, 6) is 0. The van der Waals surface area contributed by atoms with Crippen LogP contribution in [0.3, 0.4) is 0 Å². The normalized spacial score (nSPS) is 10.5. The molecule has 0 amide bonds. The number of nitrogens with zero attached hydrogens (tertiary/aromatic N) is 3. The van der Waals surface area contributed by atoms with Gasteiger partial charge in [0.1, 0.15) is 6.23 Å². The third-order valence-corrected chi connectivity index (χ3v) is 0.774. The molecule has 0 saturated heterocycles. The van der Waals surface area contributed by atoms with Gasteiger partial charge in [0, 0.05) is 11.5 Å². The number of hydrogen-bond donors (Lipinski definition) is 2. The minimum Gasteiger partial charge on any atom is -0.396 e. The maximum absolute atomic E-state index is 8.44. The van der Waals surface area contributed by atoms with Crippen LogP contribution in [0.15, 0.2) is 5.11 Å². The highest BCUT2D eigenvalue weighted by atomic mass is 16.3. The molecule has 0 radical (unpaired) electrons. The van der Waals surface area contributed by atoms with Gasteiger partial charge in [-0.3, -0.25) is 0 Å². The third-order valence-electron chi connectivity index (χ3n) is 0.774. The molecule has 1 unspecified atom stereocenters. The van der Waals surface area contributed by atoms with E-state index in [4.69, 9.17) is 15.7 Å². The van der Waals surface area contributed by atoms with Crippen molar-refractivity contribution in [2.45, 2.75) is 32.9 Å². The minimum absolute atomic E-state index is 0.319. The molecule has 11 heavy (non-hydrogen) atoms. The summed E-state index contributed by atoms with van der Waals surface area (Å²) in [6.45, 7) is 3.99. The first-order valence-electron chi connectivity index (χ1n) is 3.56. The Hall–Kier alpha value is -0.770. The average molecular weight is 161 g/mol. The molecule has 0 aromatic carbocycles. The van der Waals surface area contributed by atoms with Gasteiger partial charge in [-0.2, -0.15) is 0 Å². The Morgan fingerprint density at radius 3 is 2.09 bits per heavy atom. The van der Waals surface area contributed by atoms with Crippen molar-refractivity contribution in [1.82, 2.24) is 0 Å². The molecule has 0 aromatic heterocycles. The van der Waals surface area contributed by atoms with Crippen molar-refractivity contribution in [3.63, 3.8) is 0 Å². The second-order valence-corrected chi connectivity index (χ2v) is 1.82. The first-order valence-corrected chi connectivity index (χ1v) is 3.56. The van der Waals surface area contributed by atoms with Crippen LogP contribution >= 0.6 is 0 Å². The summed E-state index contributed by atoms with van der Waals surface area (Å²) in [7, 11) is 0. The van der Waals surface area contributed by atoms with Crippen molar-refractivity contribution >= 4 is 0 Å².